The maximum absolute atomic E-state index is 15.4. The molecule has 2 saturated heterocycles. The zero-order chi connectivity index (χ0) is 40.3. The smallest absolute Gasteiger partial charge is 0.260 e. The van der Waals surface area contributed by atoms with E-state index in [9.17, 15) is 24.3 Å². The fourth-order valence-corrected chi connectivity index (χ4v) is 9.88. The molecule has 5 aromatic rings. The standard InChI is InChI=1S/C48H41N3O7/c1-3-58-40-26-31(18-25-39(40)52)42-35-23-24-36-41(46(56)50(44(36)54)34-21-16-30(17-22-34)43(53)29-10-6-4-7-11-29)37(35)27-38-45(55)51(49-33-19-14-28(2)15-20-33)47(57)48(38,42)32-12-8-5-9-13-32/h4-23,25-26,36-38,41-42,49,52H,3,24,27H2,1-2H3. The SMILES string of the molecule is CCOc1cc(C2C3=CCC4C(=O)N(c5ccc(C(=O)c6ccccc6)cc5)C(=O)C4C3CC3C(=O)N(Nc4ccc(C)cc4)C(=O)C32c2ccccc2)ccc1O. The third-order valence-electron chi connectivity index (χ3n) is 12.4. The minimum Gasteiger partial charge on any atom is -0.504 e. The second-order valence-corrected chi connectivity index (χ2v) is 15.5. The zero-order valence-electron chi connectivity index (χ0n) is 32.0. The predicted molar refractivity (Wildman–Crippen MR) is 217 cm³/mol. The summed E-state index contributed by atoms with van der Waals surface area (Å²) in [4.78, 5) is 73.8. The number of ether oxygens (including phenoxy) is 1. The molecule has 10 nitrogen and oxygen atoms in total. The molecule has 0 bridgehead atoms. The van der Waals surface area contributed by atoms with Crippen LogP contribution in [0.2, 0.25) is 0 Å². The van der Waals surface area contributed by atoms with Crippen molar-refractivity contribution in [3.8, 4) is 11.5 Å². The van der Waals surface area contributed by atoms with E-state index in [-0.39, 0.29) is 48.5 Å². The van der Waals surface area contributed by atoms with Crippen LogP contribution >= 0.6 is 0 Å². The average molecular weight is 772 g/mol. The Morgan fingerprint density at radius 1 is 0.793 bits per heavy atom. The lowest BCUT2D eigenvalue weighted by molar-refractivity contribution is -0.138. The number of ketones is 1. The molecule has 2 N–H and O–H groups in total. The van der Waals surface area contributed by atoms with E-state index in [0.717, 1.165) is 16.1 Å². The Bertz CT molecular complexity index is 2500. The van der Waals surface area contributed by atoms with Crippen LogP contribution in [0.5, 0.6) is 11.5 Å². The second kappa shape index (κ2) is 14.3. The number of hydrazine groups is 1. The van der Waals surface area contributed by atoms with Gasteiger partial charge in [0.2, 0.25) is 11.8 Å². The van der Waals surface area contributed by atoms with E-state index in [1.54, 1.807) is 60.7 Å². The van der Waals surface area contributed by atoms with Gasteiger partial charge in [-0.3, -0.25) is 34.3 Å². The van der Waals surface area contributed by atoms with Gasteiger partial charge in [-0.2, -0.15) is 5.01 Å². The summed E-state index contributed by atoms with van der Waals surface area (Å²) in [7, 11) is 0. The summed E-state index contributed by atoms with van der Waals surface area (Å²) >= 11 is 0. The van der Waals surface area contributed by atoms with Gasteiger partial charge in [-0.15, -0.1) is 0 Å². The monoisotopic (exact) mass is 771 g/mol. The van der Waals surface area contributed by atoms with Gasteiger partial charge in [0.1, 0.15) is 0 Å². The number of benzene rings is 5. The fourth-order valence-electron chi connectivity index (χ4n) is 9.88. The summed E-state index contributed by atoms with van der Waals surface area (Å²) in [6.45, 7) is 4.04. The number of aryl methyl sites for hydroxylation is 1. The molecule has 6 atom stereocenters. The van der Waals surface area contributed by atoms with Crippen LogP contribution in [0.1, 0.15) is 58.3 Å². The number of amides is 4. The highest BCUT2D eigenvalue weighted by Gasteiger charge is 2.70. The highest BCUT2D eigenvalue weighted by molar-refractivity contribution is 6.23. The topological polar surface area (TPSA) is 133 Å². The Kier molecular flexibility index (Phi) is 9.07. The average Bonchev–Trinajstić information content (AvgIpc) is 3.63. The van der Waals surface area contributed by atoms with Crippen molar-refractivity contribution in [2.45, 2.75) is 38.0 Å². The predicted octanol–water partition coefficient (Wildman–Crippen LogP) is 7.52. The van der Waals surface area contributed by atoms with E-state index >= 15 is 4.79 Å². The van der Waals surface area contributed by atoms with Crippen LogP contribution in [0.4, 0.5) is 11.4 Å². The molecular formula is C48H41N3O7. The minimum atomic E-state index is -1.46. The first-order chi connectivity index (χ1) is 28.1. The number of phenols is 1. The van der Waals surface area contributed by atoms with E-state index in [0.29, 0.717) is 33.6 Å². The van der Waals surface area contributed by atoms with Crippen molar-refractivity contribution >= 4 is 40.8 Å². The molecule has 6 unspecified atom stereocenters. The number of hydrogen-bond acceptors (Lipinski definition) is 8. The largest absolute Gasteiger partial charge is 0.504 e. The molecule has 4 aliphatic rings. The Hall–Kier alpha value is -6.81. The Morgan fingerprint density at radius 2 is 1.47 bits per heavy atom. The van der Waals surface area contributed by atoms with Gasteiger partial charge in [-0.05, 0) is 92.3 Å². The van der Waals surface area contributed by atoms with Crippen molar-refractivity contribution in [2.24, 2.45) is 23.7 Å². The molecule has 1 saturated carbocycles. The highest BCUT2D eigenvalue weighted by atomic mass is 16.5. The van der Waals surface area contributed by atoms with Crippen molar-refractivity contribution in [3.05, 3.63) is 167 Å². The summed E-state index contributed by atoms with van der Waals surface area (Å²) in [6, 6.07) is 37.1. The van der Waals surface area contributed by atoms with E-state index < -0.39 is 46.8 Å². The third-order valence-corrected chi connectivity index (χ3v) is 12.4. The molecule has 0 radical (unpaired) electrons. The third kappa shape index (κ3) is 5.65. The molecule has 0 aromatic heterocycles. The van der Waals surface area contributed by atoms with Crippen LogP contribution in [0.3, 0.4) is 0 Å². The van der Waals surface area contributed by atoms with Crippen LogP contribution in [0.15, 0.2) is 139 Å². The maximum Gasteiger partial charge on any atom is 0.260 e. The zero-order valence-corrected chi connectivity index (χ0v) is 32.0. The first kappa shape index (κ1) is 36.8. The molecule has 10 heteroatoms. The van der Waals surface area contributed by atoms with Gasteiger partial charge < -0.3 is 9.84 Å². The number of allylic oxidation sites excluding steroid dienone is 2. The van der Waals surface area contributed by atoms with Gasteiger partial charge in [-0.25, -0.2) is 0 Å². The Balaban J connectivity index is 1.16. The number of carbonyl (C=O) groups is 5. The second-order valence-electron chi connectivity index (χ2n) is 15.5. The fraction of sp³-hybridized carbons (Fsp3) is 0.229. The van der Waals surface area contributed by atoms with Gasteiger partial charge in [0.25, 0.3) is 11.8 Å². The molecule has 290 valence electrons. The van der Waals surface area contributed by atoms with Crippen LogP contribution in [0, 0.1) is 30.6 Å². The van der Waals surface area contributed by atoms with Gasteiger partial charge in [0.15, 0.2) is 17.3 Å². The van der Waals surface area contributed by atoms with E-state index in [1.807, 2.05) is 80.6 Å². The van der Waals surface area contributed by atoms with Crippen LogP contribution in [0.25, 0.3) is 0 Å². The number of hydrogen-bond donors (Lipinski definition) is 2. The van der Waals surface area contributed by atoms with Crippen molar-refractivity contribution in [2.75, 3.05) is 16.9 Å². The normalized spacial score (nSPS) is 24.9. The number of phenolic OH excluding ortho intramolecular Hbond substituents is 1. The lowest BCUT2D eigenvalue weighted by Crippen LogP contribution is -2.53. The molecule has 4 amide bonds. The minimum absolute atomic E-state index is 0.0684. The molecule has 58 heavy (non-hydrogen) atoms. The number of fused-ring (bicyclic) bond motifs is 4. The molecule has 9 rings (SSSR count). The van der Waals surface area contributed by atoms with Gasteiger partial charge >= 0.3 is 0 Å². The summed E-state index contributed by atoms with van der Waals surface area (Å²) in [6.07, 6.45) is 2.38. The molecule has 2 heterocycles. The maximum atomic E-state index is 15.4. The van der Waals surface area contributed by atoms with Crippen molar-refractivity contribution in [1.82, 2.24) is 5.01 Å². The summed E-state index contributed by atoms with van der Waals surface area (Å²) in [5.74, 6) is -5.39. The molecule has 2 aliphatic heterocycles. The van der Waals surface area contributed by atoms with E-state index in [2.05, 4.69) is 5.43 Å². The van der Waals surface area contributed by atoms with E-state index in [4.69, 9.17) is 4.74 Å². The number of aromatic hydroxyl groups is 1. The quantitative estimate of drug-likeness (QED) is 0.0894. The van der Waals surface area contributed by atoms with E-state index in [1.165, 1.54) is 11.0 Å². The Labute approximate surface area is 335 Å². The summed E-state index contributed by atoms with van der Waals surface area (Å²) in [5, 5.41) is 12.0. The highest BCUT2D eigenvalue weighted by Crippen LogP contribution is 2.64. The van der Waals surface area contributed by atoms with Crippen LogP contribution in [-0.4, -0.2) is 46.1 Å². The number of imide groups is 2. The summed E-state index contributed by atoms with van der Waals surface area (Å²) < 4.78 is 5.85. The van der Waals surface area contributed by atoms with Crippen LogP contribution in [-0.2, 0) is 24.6 Å². The molecule has 0 spiro atoms. The van der Waals surface area contributed by atoms with Gasteiger partial charge in [0.05, 0.1) is 41.2 Å². The first-order valence-corrected chi connectivity index (χ1v) is 19.6. The number of rotatable bonds is 9. The lowest BCUT2D eigenvalue weighted by Gasteiger charge is -2.50. The van der Waals surface area contributed by atoms with Gasteiger partial charge in [-0.1, -0.05) is 96.1 Å². The number of nitrogens with zero attached hydrogens (tertiary/aromatic N) is 2. The van der Waals surface area contributed by atoms with Gasteiger partial charge in [0, 0.05) is 17.0 Å². The van der Waals surface area contributed by atoms with Crippen molar-refractivity contribution in [1.29, 1.82) is 0 Å². The number of anilines is 2. The number of carbonyl (C=O) groups excluding carboxylic acids is 5. The molecule has 3 fully saturated rings. The van der Waals surface area contributed by atoms with Crippen molar-refractivity contribution in [3.63, 3.8) is 0 Å². The lowest BCUT2D eigenvalue weighted by atomic mass is 9.49. The molecule has 2 aliphatic carbocycles. The molecular weight excluding hydrogens is 731 g/mol. The Morgan fingerprint density at radius 3 is 2.16 bits per heavy atom. The van der Waals surface area contributed by atoms with Crippen molar-refractivity contribution < 1.29 is 33.8 Å². The first-order valence-electron chi connectivity index (χ1n) is 19.6. The van der Waals surface area contributed by atoms with Crippen LogP contribution < -0.4 is 15.1 Å². The molecule has 5 aromatic carbocycles. The summed E-state index contributed by atoms with van der Waals surface area (Å²) in [5.41, 5.74) is 6.63. The number of nitrogens with one attached hydrogen (secondary N) is 1.